The topological polar surface area (TPSA) is 29.5 Å². The summed E-state index contributed by atoms with van der Waals surface area (Å²) in [6, 6.07) is 4.50. The Labute approximate surface area is 108 Å². The molecule has 1 N–H and O–H groups in total. The van der Waals surface area contributed by atoms with E-state index in [4.69, 9.17) is 4.74 Å². The Morgan fingerprint density at radius 1 is 1.39 bits per heavy atom. The first-order chi connectivity index (χ1) is 8.60. The zero-order chi connectivity index (χ0) is 13.1. The molecule has 0 radical (unpaired) electrons. The maximum Gasteiger partial charge on any atom is 0.125 e. The lowest BCUT2D eigenvalue weighted by Gasteiger charge is -2.33. The van der Waals surface area contributed by atoms with E-state index in [0.717, 1.165) is 31.2 Å². The lowest BCUT2D eigenvalue weighted by Crippen LogP contribution is -2.38. The fourth-order valence-corrected chi connectivity index (χ4v) is 2.60. The number of aliphatic hydroxyl groups excluding tert-OH is 1. The van der Waals surface area contributed by atoms with Crippen LogP contribution in [0.15, 0.2) is 18.2 Å². The van der Waals surface area contributed by atoms with Crippen LogP contribution in [-0.4, -0.2) is 17.3 Å². The summed E-state index contributed by atoms with van der Waals surface area (Å²) in [4.78, 5) is 0. The van der Waals surface area contributed by atoms with Gasteiger partial charge < -0.3 is 9.84 Å². The zero-order valence-electron chi connectivity index (χ0n) is 11.0. The van der Waals surface area contributed by atoms with Gasteiger partial charge >= 0.3 is 0 Å². The van der Waals surface area contributed by atoms with Crippen molar-refractivity contribution in [3.8, 4) is 5.75 Å². The molecule has 2 rings (SSSR count). The van der Waals surface area contributed by atoms with Crippen LogP contribution < -0.4 is 4.74 Å². The van der Waals surface area contributed by atoms with Gasteiger partial charge in [-0.2, -0.15) is 0 Å². The van der Waals surface area contributed by atoms with E-state index in [2.05, 4.69) is 6.92 Å². The standard InChI is InChI=1S/C15H21FO2/c1-3-11-4-6-13(17)15(9-11)18-14-7-5-12(16)8-10(14)2/h5,7-8,11,13,15,17H,3-4,6,9H2,1-2H3. The number of hydrogen-bond donors (Lipinski definition) is 1. The van der Waals surface area contributed by atoms with Crippen LogP contribution in [-0.2, 0) is 0 Å². The molecule has 3 unspecified atom stereocenters. The first-order valence-corrected chi connectivity index (χ1v) is 6.71. The number of hydrogen-bond acceptors (Lipinski definition) is 2. The van der Waals surface area contributed by atoms with Crippen LogP contribution >= 0.6 is 0 Å². The molecule has 3 heteroatoms. The number of halogens is 1. The fraction of sp³-hybridized carbons (Fsp3) is 0.600. The Balaban J connectivity index is 2.07. The molecule has 100 valence electrons. The van der Waals surface area contributed by atoms with Gasteiger partial charge in [-0.05, 0) is 55.9 Å². The van der Waals surface area contributed by atoms with Crippen molar-refractivity contribution in [2.75, 3.05) is 0 Å². The molecular formula is C15H21FO2. The second kappa shape index (κ2) is 5.70. The largest absolute Gasteiger partial charge is 0.487 e. The molecule has 1 aliphatic carbocycles. The molecule has 0 bridgehead atoms. The number of aryl methyl sites for hydroxylation is 1. The molecule has 0 heterocycles. The number of benzene rings is 1. The third kappa shape index (κ3) is 3.02. The molecular weight excluding hydrogens is 231 g/mol. The van der Waals surface area contributed by atoms with E-state index >= 15 is 0 Å². The zero-order valence-corrected chi connectivity index (χ0v) is 11.0. The molecule has 1 saturated carbocycles. The number of ether oxygens (including phenoxy) is 1. The smallest absolute Gasteiger partial charge is 0.125 e. The number of aliphatic hydroxyl groups is 1. The first kappa shape index (κ1) is 13.3. The van der Waals surface area contributed by atoms with Crippen molar-refractivity contribution in [2.45, 2.75) is 51.7 Å². The average Bonchev–Trinajstić information content (AvgIpc) is 2.35. The quantitative estimate of drug-likeness (QED) is 0.892. The highest BCUT2D eigenvalue weighted by molar-refractivity contribution is 5.32. The molecule has 1 aromatic carbocycles. The van der Waals surface area contributed by atoms with Gasteiger partial charge in [0.1, 0.15) is 17.7 Å². The van der Waals surface area contributed by atoms with Gasteiger partial charge in [0.2, 0.25) is 0 Å². The molecule has 1 aromatic rings. The normalized spacial score (nSPS) is 28.1. The third-order valence-electron chi connectivity index (χ3n) is 3.86. The van der Waals surface area contributed by atoms with Crippen molar-refractivity contribution in [1.29, 1.82) is 0 Å². The van der Waals surface area contributed by atoms with Gasteiger partial charge in [-0.3, -0.25) is 0 Å². The fourth-order valence-electron chi connectivity index (χ4n) is 2.60. The predicted octanol–water partition coefficient (Wildman–Crippen LogP) is 3.45. The highest BCUT2D eigenvalue weighted by atomic mass is 19.1. The molecule has 2 nitrogen and oxygen atoms in total. The van der Waals surface area contributed by atoms with Crippen LogP contribution in [0.3, 0.4) is 0 Å². The Kier molecular flexibility index (Phi) is 4.23. The molecule has 0 amide bonds. The molecule has 0 aliphatic heterocycles. The molecule has 0 aromatic heterocycles. The van der Waals surface area contributed by atoms with Crippen LogP contribution in [0.4, 0.5) is 4.39 Å². The van der Waals surface area contributed by atoms with Crippen LogP contribution in [0, 0.1) is 18.7 Å². The Bertz CT molecular complexity index is 405. The molecule has 0 saturated heterocycles. The van der Waals surface area contributed by atoms with E-state index in [9.17, 15) is 9.50 Å². The summed E-state index contributed by atoms with van der Waals surface area (Å²) in [6.45, 7) is 3.99. The van der Waals surface area contributed by atoms with Gasteiger partial charge in [0, 0.05) is 0 Å². The van der Waals surface area contributed by atoms with E-state index in [1.807, 2.05) is 6.92 Å². The van der Waals surface area contributed by atoms with Crippen LogP contribution in [0.2, 0.25) is 0 Å². The van der Waals surface area contributed by atoms with Gasteiger partial charge in [0.05, 0.1) is 6.10 Å². The van der Waals surface area contributed by atoms with Crippen molar-refractivity contribution in [3.05, 3.63) is 29.6 Å². The van der Waals surface area contributed by atoms with E-state index in [1.165, 1.54) is 12.1 Å². The van der Waals surface area contributed by atoms with Gasteiger partial charge in [-0.25, -0.2) is 4.39 Å². The van der Waals surface area contributed by atoms with Gasteiger partial charge in [-0.15, -0.1) is 0 Å². The molecule has 1 fully saturated rings. The van der Waals surface area contributed by atoms with E-state index in [0.29, 0.717) is 11.7 Å². The highest BCUT2D eigenvalue weighted by Gasteiger charge is 2.30. The number of rotatable bonds is 3. The molecule has 0 spiro atoms. The van der Waals surface area contributed by atoms with Gasteiger partial charge in [-0.1, -0.05) is 13.3 Å². The average molecular weight is 252 g/mol. The Hall–Kier alpha value is -1.09. The highest BCUT2D eigenvalue weighted by Crippen LogP contribution is 2.31. The molecule has 1 aliphatic rings. The maximum atomic E-state index is 13.0. The monoisotopic (exact) mass is 252 g/mol. The molecule has 3 atom stereocenters. The lowest BCUT2D eigenvalue weighted by molar-refractivity contribution is -0.0112. The maximum absolute atomic E-state index is 13.0. The summed E-state index contributed by atoms with van der Waals surface area (Å²) >= 11 is 0. The van der Waals surface area contributed by atoms with Crippen molar-refractivity contribution in [1.82, 2.24) is 0 Å². The van der Waals surface area contributed by atoms with E-state index < -0.39 is 6.10 Å². The summed E-state index contributed by atoms with van der Waals surface area (Å²) in [6.07, 6.45) is 3.30. The van der Waals surface area contributed by atoms with Gasteiger partial charge in [0.15, 0.2) is 0 Å². The lowest BCUT2D eigenvalue weighted by atomic mass is 9.84. The summed E-state index contributed by atoms with van der Waals surface area (Å²) in [7, 11) is 0. The van der Waals surface area contributed by atoms with Crippen molar-refractivity contribution in [2.24, 2.45) is 5.92 Å². The van der Waals surface area contributed by atoms with Crippen LogP contribution in [0.25, 0.3) is 0 Å². The van der Waals surface area contributed by atoms with E-state index in [1.54, 1.807) is 6.07 Å². The predicted molar refractivity (Wildman–Crippen MR) is 69.2 cm³/mol. The van der Waals surface area contributed by atoms with E-state index in [-0.39, 0.29) is 11.9 Å². The summed E-state index contributed by atoms with van der Waals surface area (Å²) < 4.78 is 18.9. The van der Waals surface area contributed by atoms with Crippen molar-refractivity contribution < 1.29 is 14.2 Å². The molecule has 18 heavy (non-hydrogen) atoms. The van der Waals surface area contributed by atoms with Crippen LogP contribution in [0.5, 0.6) is 5.75 Å². The van der Waals surface area contributed by atoms with Gasteiger partial charge in [0.25, 0.3) is 0 Å². The van der Waals surface area contributed by atoms with Crippen LogP contribution in [0.1, 0.15) is 38.2 Å². The van der Waals surface area contributed by atoms with Crippen molar-refractivity contribution >= 4 is 0 Å². The third-order valence-corrected chi connectivity index (χ3v) is 3.86. The van der Waals surface area contributed by atoms with Crippen molar-refractivity contribution in [3.63, 3.8) is 0 Å². The summed E-state index contributed by atoms with van der Waals surface area (Å²) in [5, 5.41) is 9.99. The second-order valence-electron chi connectivity index (χ2n) is 5.22. The summed E-state index contributed by atoms with van der Waals surface area (Å²) in [5.74, 6) is 1.05. The first-order valence-electron chi connectivity index (χ1n) is 6.71. The minimum absolute atomic E-state index is 0.159. The Morgan fingerprint density at radius 2 is 2.17 bits per heavy atom. The minimum Gasteiger partial charge on any atom is -0.487 e. The second-order valence-corrected chi connectivity index (χ2v) is 5.22. The SMILES string of the molecule is CCC1CCC(O)C(Oc2ccc(F)cc2C)C1. The minimum atomic E-state index is -0.405. The summed E-state index contributed by atoms with van der Waals surface area (Å²) in [5.41, 5.74) is 0.779. The Morgan fingerprint density at radius 3 is 2.83 bits per heavy atom.